The summed E-state index contributed by atoms with van der Waals surface area (Å²) >= 11 is 0. The fraction of sp³-hybridized carbons (Fsp3) is 0.625. The maximum atomic E-state index is 3.56. The molecule has 0 radical (unpaired) electrons. The summed E-state index contributed by atoms with van der Waals surface area (Å²) in [5, 5.41) is 3.56. The number of hydrogen-bond donors (Lipinski definition) is 1. The van der Waals surface area contributed by atoms with E-state index in [2.05, 4.69) is 75.3 Å². The molecule has 0 heterocycles. The van der Waals surface area contributed by atoms with Crippen molar-refractivity contribution in [2.24, 2.45) is 0 Å². The minimum absolute atomic E-state index is 0.448. The topological polar surface area (TPSA) is 15.3 Å². The summed E-state index contributed by atoms with van der Waals surface area (Å²) in [6.45, 7) is 9.95. The summed E-state index contributed by atoms with van der Waals surface area (Å²) in [6.07, 6.45) is 1.18. The van der Waals surface area contributed by atoms with Crippen LogP contribution in [0.3, 0.4) is 0 Å². The van der Waals surface area contributed by atoms with Gasteiger partial charge in [0.15, 0.2) is 0 Å². The van der Waals surface area contributed by atoms with E-state index in [1.165, 1.54) is 12.0 Å². The van der Waals surface area contributed by atoms with Crippen LogP contribution < -0.4 is 5.32 Å². The van der Waals surface area contributed by atoms with Crippen molar-refractivity contribution in [3.63, 3.8) is 0 Å². The fourth-order valence-electron chi connectivity index (χ4n) is 2.11. The lowest BCUT2D eigenvalue weighted by molar-refractivity contribution is 0.174. The second kappa shape index (κ2) is 7.55. The van der Waals surface area contributed by atoms with Crippen LogP contribution in [0.5, 0.6) is 0 Å². The molecule has 0 saturated carbocycles. The van der Waals surface area contributed by atoms with Gasteiger partial charge in [-0.3, -0.25) is 4.90 Å². The molecule has 18 heavy (non-hydrogen) atoms. The number of hydrogen-bond acceptors (Lipinski definition) is 2. The third-order valence-electron chi connectivity index (χ3n) is 3.68. The Labute approximate surface area is 112 Å². The first-order chi connectivity index (χ1) is 8.56. The molecule has 1 aromatic carbocycles. The summed E-state index contributed by atoms with van der Waals surface area (Å²) in [7, 11) is 2.23. The van der Waals surface area contributed by atoms with Gasteiger partial charge >= 0.3 is 0 Å². The Balaban J connectivity index is 2.81. The summed E-state index contributed by atoms with van der Waals surface area (Å²) in [5.41, 5.74) is 1.40. The zero-order valence-electron chi connectivity index (χ0n) is 12.5. The Morgan fingerprint density at radius 3 is 2.22 bits per heavy atom. The highest BCUT2D eigenvalue weighted by atomic mass is 15.2. The molecule has 0 aliphatic carbocycles. The van der Waals surface area contributed by atoms with E-state index >= 15 is 0 Å². The largest absolute Gasteiger partial charge is 0.313 e. The highest BCUT2D eigenvalue weighted by molar-refractivity contribution is 5.19. The molecule has 0 aliphatic rings. The lowest BCUT2D eigenvalue weighted by Crippen LogP contribution is -2.40. The molecule has 0 bridgehead atoms. The van der Waals surface area contributed by atoms with Crippen LogP contribution in [0.4, 0.5) is 0 Å². The van der Waals surface area contributed by atoms with E-state index in [0.29, 0.717) is 18.1 Å². The molecule has 2 atom stereocenters. The summed E-state index contributed by atoms with van der Waals surface area (Å²) in [6, 6.07) is 12.4. The van der Waals surface area contributed by atoms with Gasteiger partial charge < -0.3 is 5.32 Å². The number of benzene rings is 1. The first-order valence-corrected chi connectivity index (χ1v) is 7.06. The van der Waals surface area contributed by atoms with Gasteiger partial charge in [0.05, 0.1) is 0 Å². The van der Waals surface area contributed by atoms with Gasteiger partial charge in [0.1, 0.15) is 0 Å². The molecule has 1 N–H and O–H groups in total. The highest BCUT2D eigenvalue weighted by Gasteiger charge is 2.20. The third kappa shape index (κ3) is 4.43. The van der Waals surface area contributed by atoms with Gasteiger partial charge in [-0.25, -0.2) is 0 Å². The van der Waals surface area contributed by atoms with Crippen molar-refractivity contribution in [1.29, 1.82) is 0 Å². The van der Waals surface area contributed by atoms with Crippen LogP contribution >= 0.6 is 0 Å². The zero-order chi connectivity index (χ0) is 13.5. The summed E-state index contributed by atoms with van der Waals surface area (Å²) < 4.78 is 0. The van der Waals surface area contributed by atoms with Crippen molar-refractivity contribution in [2.75, 3.05) is 13.6 Å². The molecule has 0 fully saturated rings. The minimum Gasteiger partial charge on any atom is -0.313 e. The Hall–Kier alpha value is -0.860. The van der Waals surface area contributed by atoms with Gasteiger partial charge in [0.25, 0.3) is 0 Å². The van der Waals surface area contributed by atoms with Crippen molar-refractivity contribution in [2.45, 2.75) is 52.2 Å². The van der Waals surface area contributed by atoms with Crippen molar-refractivity contribution < 1.29 is 0 Å². The summed E-state index contributed by atoms with van der Waals surface area (Å²) in [4.78, 5) is 2.48. The van der Waals surface area contributed by atoms with E-state index in [9.17, 15) is 0 Å². The van der Waals surface area contributed by atoms with Crippen LogP contribution in [0.2, 0.25) is 0 Å². The third-order valence-corrected chi connectivity index (χ3v) is 3.68. The SMILES string of the molecule is CCC(C)N(C)C(CNC(C)C)c1ccccc1. The van der Waals surface area contributed by atoms with Crippen molar-refractivity contribution in [1.82, 2.24) is 10.2 Å². The Kier molecular flexibility index (Phi) is 6.37. The van der Waals surface area contributed by atoms with Crippen LogP contribution in [0.1, 0.15) is 45.7 Å². The van der Waals surface area contributed by atoms with Crippen LogP contribution in [0.25, 0.3) is 0 Å². The number of nitrogens with zero attached hydrogens (tertiary/aromatic N) is 1. The fourth-order valence-corrected chi connectivity index (χ4v) is 2.11. The predicted molar refractivity (Wildman–Crippen MR) is 79.8 cm³/mol. The van der Waals surface area contributed by atoms with Crippen LogP contribution in [0, 0.1) is 0 Å². The molecule has 0 aromatic heterocycles. The van der Waals surface area contributed by atoms with E-state index < -0.39 is 0 Å². The quantitative estimate of drug-likeness (QED) is 0.795. The average Bonchev–Trinajstić information content (AvgIpc) is 2.38. The van der Waals surface area contributed by atoms with Crippen molar-refractivity contribution in [3.05, 3.63) is 35.9 Å². The Morgan fingerprint density at radius 2 is 1.72 bits per heavy atom. The van der Waals surface area contributed by atoms with E-state index in [0.717, 1.165) is 6.54 Å². The van der Waals surface area contributed by atoms with Gasteiger partial charge in [0, 0.05) is 24.7 Å². The van der Waals surface area contributed by atoms with Crippen LogP contribution in [-0.4, -0.2) is 30.6 Å². The molecule has 2 unspecified atom stereocenters. The second-order valence-corrected chi connectivity index (χ2v) is 5.41. The molecule has 102 valence electrons. The number of likely N-dealkylation sites (N-methyl/N-ethyl adjacent to an activating group) is 1. The van der Waals surface area contributed by atoms with E-state index in [4.69, 9.17) is 0 Å². The van der Waals surface area contributed by atoms with E-state index in [1.54, 1.807) is 0 Å². The van der Waals surface area contributed by atoms with Gasteiger partial charge in [-0.15, -0.1) is 0 Å². The minimum atomic E-state index is 0.448. The maximum absolute atomic E-state index is 3.56. The maximum Gasteiger partial charge on any atom is 0.0472 e. The average molecular weight is 248 g/mol. The monoisotopic (exact) mass is 248 g/mol. The lowest BCUT2D eigenvalue weighted by atomic mass is 10.0. The van der Waals surface area contributed by atoms with Gasteiger partial charge in [-0.2, -0.15) is 0 Å². The Morgan fingerprint density at radius 1 is 1.11 bits per heavy atom. The molecule has 1 rings (SSSR count). The van der Waals surface area contributed by atoms with E-state index in [-0.39, 0.29) is 0 Å². The standard InChI is InChI=1S/C16H28N2/c1-6-14(4)18(5)16(12-17-13(2)3)15-10-8-7-9-11-15/h7-11,13-14,16-17H,6,12H2,1-5H3. The molecule has 2 nitrogen and oxygen atoms in total. The lowest BCUT2D eigenvalue weighted by Gasteiger charge is -2.34. The second-order valence-electron chi connectivity index (χ2n) is 5.41. The van der Waals surface area contributed by atoms with E-state index in [1.807, 2.05) is 0 Å². The molecule has 0 aliphatic heterocycles. The normalized spacial score (nSPS) is 15.1. The first-order valence-electron chi connectivity index (χ1n) is 7.06. The highest BCUT2D eigenvalue weighted by Crippen LogP contribution is 2.21. The predicted octanol–water partition coefficient (Wildman–Crippen LogP) is 3.46. The molecular weight excluding hydrogens is 220 g/mol. The molecule has 2 heteroatoms. The van der Waals surface area contributed by atoms with Crippen LogP contribution in [-0.2, 0) is 0 Å². The van der Waals surface area contributed by atoms with Crippen molar-refractivity contribution >= 4 is 0 Å². The first kappa shape index (κ1) is 15.2. The number of rotatable bonds is 7. The van der Waals surface area contributed by atoms with Gasteiger partial charge in [0.2, 0.25) is 0 Å². The van der Waals surface area contributed by atoms with Crippen molar-refractivity contribution in [3.8, 4) is 0 Å². The Bertz CT molecular complexity index is 321. The molecule has 0 amide bonds. The number of nitrogens with one attached hydrogen (secondary N) is 1. The summed E-state index contributed by atoms with van der Waals surface area (Å²) in [5.74, 6) is 0. The smallest absolute Gasteiger partial charge is 0.0472 e. The zero-order valence-corrected chi connectivity index (χ0v) is 12.5. The van der Waals surface area contributed by atoms with Gasteiger partial charge in [-0.1, -0.05) is 51.1 Å². The van der Waals surface area contributed by atoms with Crippen LogP contribution in [0.15, 0.2) is 30.3 Å². The molecular formula is C16H28N2. The molecule has 1 aromatic rings. The molecule has 0 spiro atoms. The molecule has 0 saturated heterocycles. The van der Waals surface area contributed by atoms with Gasteiger partial charge in [-0.05, 0) is 26.0 Å².